The average molecular weight is 319 g/mol. The summed E-state index contributed by atoms with van der Waals surface area (Å²) in [7, 11) is 0. The number of nitrogens with zero attached hydrogens (tertiary/aromatic N) is 1. The van der Waals surface area contributed by atoms with Crippen LogP contribution in [0.5, 0.6) is 5.75 Å². The summed E-state index contributed by atoms with van der Waals surface area (Å²) in [6, 6.07) is 8.75. The predicted molar refractivity (Wildman–Crippen MR) is 73.1 cm³/mol. The quantitative estimate of drug-likeness (QED) is 0.739. The maximum Gasteiger partial charge on any atom is 1.00 e. The molecule has 0 saturated heterocycles. The van der Waals surface area contributed by atoms with Crippen molar-refractivity contribution >= 4 is 12.4 Å². The van der Waals surface area contributed by atoms with Crippen LogP contribution in [-0.2, 0) is 13.0 Å². The Morgan fingerprint density at radius 2 is 1.67 bits per heavy atom. The molecule has 7 heteroatoms. The van der Waals surface area contributed by atoms with E-state index in [9.17, 15) is 12.9 Å². The number of hydrogen-bond donors (Lipinski definition) is 0. The summed E-state index contributed by atoms with van der Waals surface area (Å²) < 4.78 is 43.1. The molecule has 106 valence electrons. The van der Waals surface area contributed by atoms with Gasteiger partial charge >= 0.3 is 58.4 Å². The normalized spacial score (nSPS) is 10.9. The number of aryl methyl sites for hydroxylation is 1. The second kappa shape index (κ2) is 8.33. The van der Waals surface area contributed by atoms with Crippen molar-refractivity contribution in [2.75, 3.05) is 0 Å². The molecule has 0 aliphatic heterocycles. The summed E-state index contributed by atoms with van der Waals surface area (Å²) in [5, 5.41) is 0. The molecule has 0 radical (unpaired) electrons. The Hall–Kier alpha value is -0.339. The van der Waals surface area contributed by atoms with E-state index in [0.717, 1.165) is 24.2 Å². The maximum atomic E-state index is 12.6. The number of rotatable bonds is 5. The minimum Gasteiger partial charge on any atom is -0.487 e. The second-order valence-electron chi connectivity index (χ2n) is 4.49. The number of ether oxygens (including phenoxy) is 1. The largest absolute Gasteiger partial charge is 1.00 e. The number of aromatic nitrogens is 1. The zero-order valence-corrected chi connectivity index (χ0v) is 15.1. The van der Waals surface area contributed by atoms with Crippen LogP contribution in [0.1, 0.15) is 18.1 Å². The SMILES string of the molecule is CCc1ccc(COc2cncc([B-](F)(F)F)c2)cc1.[K+]. The van der Waals surface area contributed by atoms with Crippen LogP contribution in [0.3, 0.4) is 0 Å². The van der Waals surface area contributed by atoms with Gasteiger partial charge in [-0.15, -0.1) is 0 Å². The number of halogens is 3. The summed E-state index contributed by atoms with van der Waals surface area (Å²) >= 11 is 0. The van der Waals surface area contributed by atoms with Crippen LogP contribution in [0, 0.1) is 0 Å². The Morgan fingerprint density at radius 1 is 1.05 bits per heavy atom. The third-order valence-electron chi connectivity index (χ3n) is 2.95. The molecule has 1 aromatic heterocycles. The van der Waals surface area contributed by atoms with Crippen LogP contribution in [0.2, 0.25) is 0 Å². The van der Waals surface area contributed by atoms with E-state index in [-0.39, 0.29) is 63.7 Å². The van der Waals surface area contributed by atoms with Crippen LogP contribution in [0.25, 0.3) is 0 Å². The van der Waals surface area contributed by atoms with Crippen molar-refractivity contribution in [2.24, 2.45) is 0 Å². The van der Waals surface area contributed by atoms with Crippen LogP contribution in [0.15, 0.2) is 42.7 Å². The van der Waals surface area contributed by atoms with Crippen molar-refractivity contribution in [3.8, 4) is 5.75 Å². The number of pyridine rings is 1. The molecular weight excluding hydrogens is 305 g/mol. The summed E-state index contributed by atoms with van der Waals surface area (Å²) in [5.41, 5.74) is 1.37. The van der Waals surface area contributed by atoms with E-state index >= 15 is 0 Å². The third kappa shape index (κ3) is 5.75. The molecule has 0 aliphatic carbocycles. The van der Waals surface area contributed by atoms with Gasteiger partial charge in [-0.2, -0.15) is 0 Å². The fraction of sp³-hybridized carbons (Fsp3) is 0.214. The second-order valence-corrected chi connectivity index (χ2v) is 4.49. The van der Waals surface area contributed by atoms with Gasteiger partial charge in [-0.1, -0.05) is 36.7 Å². The average Bonchev–Trinajstić information content (AvgIpc) is 2.45. The van der Waals surface area contributed by atoms with Gasteiger partial charge in [0.25, 0.3) is 0 Å². The summed E-state index contributed by atoms with van der Waals surface area (Å²) in [4.78, 5) is 3.56. The fourth-order valence-corrected chi connectivity index (χ4v) is 1.73. The smallest absolute Gasteiger partial charge is 0.487 e. The van der Waals surface area contributed by atoms with Gasteiger partial charge in [0, 0.05) is 6.20 Å². The monoisotopic (exact) mass is 319 g/mol. The molecule has 0 spiro atoms. The third-order valence-corrected chi connectivity index (χ3v) is 2.95. The Morgan fingerprint density at radius 3 is 2.24 bits per heavy atom. The van der Waals surface area contributed by atoms with Crippen molar-refractivity contribution in [3.63, 3.8) is 0 Å². The first kappa shape index (κ1) is 18.7. The van der Waals surface area contributed by atoms with Crippen molar-refractivity contribution in [3.05, 3.63) is 53.9 Å². The fourth-order valence-electron chi connectivity index (χ4n) is 1.73. The van der Waals surface area contributed by atoms with Gasteiger partial charge in [0.15, 0.2) is 0 Å². The van der Waals surface area contributed by atoms with Crippen LogP contribution >= 0.6 is 0 Å². The zero-order valence-electron chi connectivity index (χ0n) is 12.0. The first-order valence-electron chi connectivity index (χ1n) is 6.34. The van der Waals surface area contributed by atoms with Gasteiger partial charge in [0.1, 0.15) is 12.4 Å². The van der Waals surface area contributed by atoms with Gasteiger partial charge < -0.3 is 17.7 Å². The van der Waals surface area contributed by atoms with Crippen LogP contribution < -0.4 is 61.6 Å². The first-order valence-corrected chi connectivity index (χ1v) is 6.34. The molecule has 0 amide bonds. The minimum atomic E-state index is -5.05. The van der Waals surface area contributed by atoms with Gasteiger partial charge in [0.2, 0.25) is 0 Å². The minimum absolute atomic E-state index is 0. The van der Waals surface area contributed by atoms with Crippen LogP contribution in [-0.4, -0.2) is 12.0 Å². The Balaban J connectivity index is 0.00000220. The topological polar surface area (TPSA) is 22.1 Å². The summed E-state index contributed by atoms with van der Waals surface area (Å²) in [5.74, 6) is 0.126. The molecule has 2 rings (SSSR count). The molecule has 0 fully saturated rings. The van der Waals surface area contributed by atoms with Gasteiger partial charge in [-0.3, -0.25) is 4.98 Å². The molecule has 0 unspecified atom stereocenters. The Labute approximate surface area is 164 Å². The molecule has 0 N–H and O–H groups in total. The molecule has 2 aromatic rings. The van der Waals surface area contributed by atoms with Crippen LogP contribution in [0.4, 0.5) is 12.9 Å². The predicted octanol–water partition coefficient (Wildman–Crippen LogP) is 0.281. The number of benzene rings is 1. The van der Waals surface area contributed by atoms with E-state index in [0.29, 0.717) is 0 Å². The van der Waals surface area contributed by atoms with Crippen molar-refractivity contribution in [1.82, 2.24) is 4.98 Å². The van der Waals surface area contributed by atoms with E-state index in [2.05, 4.69) is 11.9 Å². The van der Waals surface area contributed by atoms with E-state index in [1.165, 1.54) is 11.8 Å². The summed E-state index contributed by atoms with van der Waals surface area (Å²) in [6.45, 7) is -2.77. The van der Waals surface area contributed by atoms with Crippen molar-refractivity contribution in [2.45, 2.75) is 20.0 Å². The van der Waals surface area contributed by atoms with Crippen molar-refractivity contribution < 1.29 is 69.1 Å². The Bertz CT molecular complexity index is 575. The molecule has 21 heavy (non-hydrogen) atoms. The first-order chi connectivity index (χ1) is 9.49. The molecule has 0 bridgehead atoms. The Kier molecular flexibility index (Phi) is 7.43. The molecule has 2 nitrogen and oxygen atoms in total. The van der Waals surface area contributed by atoms with E-state index < -0.39 is 12.4 Å². The molecule has 0 atom stereocenters. The van der Waals surface area contributed by atoms with E-state index in [1.807, 2.05) is 24.3 Å². The molecule has 0 saturated carbocycles. The van der Waals surface area contributed by atoms with E-state index in [1.54, 1.807) is 0 Å². The van der Waals surface area contributed by atoms with E-state index in [4.69, 9.17) is 4.74 Å². The zero-order chi connectivity index (χ0) is 14.6. The molecular formula is C14H14BF3KNO. The van der Waals surface area contributed by atoms with Gasteiger partial charge in [0.05, 0.1) is 6.20 Å². The summed E-state index contributed by atoms with van der Waals surface area (Å²) in [6.07, 6.45) is 3.04. The molecule has 1 aromatic carbocycles. The standard InChI is InChI=1S/C14H14BF3NO.K/c1-2-11-3-5-12(6-4-11)10-20-14-7-13(8-19-9-14)15(16,17)18;/h3-9H,2,10H2,1H3;/q-1;+1. The van der Waals surface area contributed by atoms with Gasteiger partial charge in [-0.05, 0) is 23.6 Å². The maximum absolute atomic E-state index is 12.6. The van der Waals surface area contributed by atoms with Crippen molar-refractivity contribution in [1.29, 1.82) is 0 Å². The van der Waals surface area contributed by atoms with Gasteiger partial charge in [-0.25, -0.2) is 0 Å². The molecule has 0 aliphatic rings. The number of hydrogen-bond acceptors (Lipinski definition) is 2. The molecule has 1 heterocycles.